The van der Waals surface area contributed by atoms with Gasteiger partial charge in [-0.2, -0.15) is 0 Å². The molecule has 1 aliphatic carbocycles. The summed E-state index contributed by atoms with van der Waals surface area (Å²) >= 11 is 0. The lowest BCUT2D eigenvalue weighted by Gasteiger charge is -2.40. The van der Waals surface area contributed by atoms with Crippen LogP contribution in [0.4, 0.5) is 0 Å². The molecular weight excluding hydrogens is 496 g/mol. The lowest BCUT2D eigenvalue weighted by Crippen LogP contribution is -2.55. The van der Waals surface area contributed by atoms with Gasteiger partial charge in [0, 0.05) is 35.6 Å². The molecule has 8 heteroatoms. The summed E-state index contributed by atoms with van der Waals surface area (Å²) in [6, 6.07) is 15.6. The first-order valence-electron chi connectivity index (χ1n) is 13.7. The number of nitrogens with one attached hydrogen (secondary N) is 2. The number of fused-ring (bicyclic) bond motifs is 3. The van der Waals surface area contributed by atoms with Gasteiger partial charge in [0.1, 0.15) is 6.04 Å². The minimum Gasteiger partial charge on any atom is -0.361 e. The number of carbonyl (C=O) groups excluding carboxylic acids is 1. The third-order valence-corrected chi connectivity index (χ3v) is 10.8. The first-order valence-corrected chi connectivity index (χ1v) is 15.2. The molecule has 6 rings (SSSR count). The molecule has 3 aromatic rings. The molecule has 2 fully saturated rings. The molecule has 7 nitrogen and oxygen atoms in total. The second-order valence-electron chi connectivity index (χ2n) is 11.2. The smallest absolute Gasteiger partial charge is 0.241 e. The van der Waals surface area contributed by atoms with E-state index < -0.39 is 21.3 Å². The summed E-state index contributed by atoms with van der Waals surface area (Å²) < 4.78 is 29.9. The fourth-order valence-electron chi connectivity index (χ4n) is 6.51. The highest BCUT2D eigenvalue weighted by Gasteiger charge is 2.41. The monoisotopic (exact) mass is 532 g/mol. The average molecular weight is 533 g/mol. The number of sulfonamides is 1. The summed E-state index contributed by atoms with van der Waals surface area (Å²) in [5, 5.41) is 0.552. The first-order chi connectivity index (χ1) is 18.3. The molecule has 0 bridgehead atoms. The highest BCUT2D eigenvalue weighted by atomic mass is 32.2. The van der Waals surface area contributed by atoms with Crippen molar-refractivity contribution in [2.24, 2.45) is 0 Å². The van der Waals surface area contributed by atoms with Crippen molar-refractivity contribution in [3.8, 4) is 0 Å². The van der Waals surface area contributed by atoms with Gasteiger partial charge in [0.25, 0.3) is 0 Å². The van der Waals surface area contributed by atoms with Gasteiger partial charge in [0.2, 0.25) is 15.9 Å². The minimum atomic E-state index is -3.65. The van der Waals surface area contributed by atoms with E-state index in [9.17, 15) is 13.2 Å². The zero-order valence-electron chi connectivity index (χ0n) is 21.9. The number of hydrogen-bond donors (Lipinski definition) is 2. The highest BCUT2D eigenvalue weighted by molar-refractivity contribution is 7.90. The Balaban J connectivity index is 1.23. The highest BCUT2D eigenvalue weighted by Crippen LogP contribution is 2.43. The van der Waals surface area contributed by atoms with Gasteiger partial charge < -0.3 is 14.8 Å². The number of aromatic amines is 1. The van der Waals surface area contributed by atoms with E-state index in [0.29, 0.717) is 32.4 Å². The number of likely N-dealkylation sites (tertiary alicyclic amines) is 2. The summed E-state index contributed by atoms with van der Waals surface area (Å²) in [5.74, 6) is -0.128. The SMILES string of the molecule is CN1CCC(S(=O)(=O)NC(Cc2c[nH]c3ccccc23)C(=O)N2CCC3(C=Cc4ccccc43)CC2)CC1. The van der Waals surface area contributed by atoms with Gasteiger partial charge in [-0.25, -0.2) is 13.1 Å². The van der Waals surface area contributed by atoms with E-state index in [1.165, 1.54) is 11.1 Å². The van der Waals surface area contributed by atoms with Crippen LogP contribution < -0.4 is 4.72 Å². The maximum atomic E-state index is 14.0. The maximum absolute atomic E-state index is 14.0. The van der Waals surface area contributed by atoms with Crippen molar-refractivity contribution in [3.63, 3.8) is 0 Å². The van der Waals surface area contributed by atoms with E-state index in [2.05, 4.69) is 51.0 Å². The molecule has 1 atom stereocenters. The van der Waals surface area contributed by atoms with Crippen LogP contribution in [0.3, 0.4) is 0 Å². The van der Waals surface area contributed by atoms with E-state index in [-0.39, 0.29) is 11.3 Å². The van der Waals surface area contributed by atoms with Crippen LogP contribution in [0.1, 0.15) is 42.4 Å². The second kappa shape index (κ2) is 9.98. The normalized spacial score (nSPS) is 20.7. The molecule has 3 heterocycles. The number of rotatable bonds is 6. The van der Waals surface area contributed by atoms with Crippen LogP contribution in [0.2, 0.25) is 0 Å². The average Bonchev–Trinajstić information content (AvgIpc) is 3.50. The molecular formula is C30H36N4O3S. The minimum absolute atomic E-state index is 0.0344. The molecule has 1 spiro atoms. The van der Waals surface area contributed by atoms with Gasteiger partial charge in [0.15, 0.2) is 0 Å². The maximum Gasteiger partial charge on any atom is 0.241 e. The lowest BCUT2D eigenvalue weighted by atomic mass is 9.74. The molecule has 3 aliphatic rings. The fraction of sp³-hybridized carbons (Fsp3) is 0.433. The van der Waals surface area contributed by atoms with Crippen LogP contribution in [-0.4, -0.2) is 73.6 Å². The van der Waals surface area contributed by atoms with E-state index in [4.69, 9.17) is 0 Å². The molecule has 200 valence electrons. The summed E-state index contributed by atoms with van der Waals surface area (Å²) in [6.45, 7) is 2.71. The summed E-state index contributed by atoms with van der Waals surface area (Å²) in [4.78, 5) is 21.3. The molecule has 2 aromatic carbocycles. The van der Waals surface area contributed by atoms with Crippen molar-refractivity contribution in [1.29, 1.82) is 0 Å². The quantitative estimate of drug-likeness (QED) is 0.507. The van der Waals surface area contributed by atoms with Gasteiger partial charge >= 0.3 is 0 Å². The Morgan fingerprint density at radius 1 is 1.05 bits per heavy atom. The molecule has 1 aromatic heterocycles. The van der Waals surface area contributed by atoms with E-state index in [1.54, 1.807) is 0 Å². The summed E-state index contributed by atoms with van der Waals surface area (Å²) in [7, 11) is -1.64. The summed E-state index contributed by atoms with van der Waals surface area (Å²) in [5.41, 5.74) is 4.50. The molecule has 1 amide bonds. The van der Waals surface area contributed by atoms with Gasteiger partial charge in [-0.15, -0.1) is 0 Å². The Bertz CT molecular complexity index is 1460. The lowest BCUT2D eigenvalue weighted by molar-refractivity contribution is -0.134. The number of benzene rings is 2. The number of aromatic nitrogens is 1. The van der Waals surface area contributed by atoms with Gasteiger partial charge in [0.05, 0.1) is 5.25 Å². The number of H-pyrrole nitrogens is 1. The van der Waals surface area contributed by atoms with Crippen molar-refractivity contribution in [3.05, 3.63) is 77.5 Å². The van der Waals surface area contributed by atoms with Crippen LogP contribution in [0.5, 0.6) is 0 Å². The van der Waals surface area contributed by atoms with Gasteiger partial charge in [-0.05, 0) is 75.0 Å². The molecule has 1 unspecified atom stereocenters. The number of carbonyl (C=O) groups is 1. The molecule has 2 N–H and O–H groups in total. The number of para-hydroxylation sites is 1. The van der Waals surface area contributed by atoms with Crippen molar-refractivity contribution in [2.45, 2.75) is 48.8 Å². The number of amides is 1. The van der Waals surface area contributed by atoms with Crippen LogP contribution in [0.15, 0.2) is 60.8 Å². The van der Waals surface area contributed by atoms with Gasteiger partial charge in [-0.3, -0.25) is 4.79 Å². The topological polar surface area (TPSA) is 85.5 Å². The van der Waals surface area contributed by atoms with Crippen LogP contribution in [0, 0.1) is 0 Å². The van der Waals surface area contributed by atoms with Crippen molar-refractivity contribution in [1.82, 2.24) is 19.5 Å². The van der Waals surface area contributed by atoms with Crippen LogP contribution in [-0.2, 0) is 26.7 Å². The Labute approximate surface area is 225 Å². The number of piperidine rings is 2. The number of nitrogens with zero attached hydrogens (tertiary/aromatic N) is 2. The largest absolute Gasteiger partial charge is 0.361 e. The third kappa shape index (κ3) is 4.70. The predicted molar refractivity (Wildman–Crippen MR) is 151 cm³/mol. The number of hydrogen-bond acceptors (Lipinski definition) is 4. The Morgan fingerprint density at radius 2 is 1.76 bits per heavy atom. The second-order valence-corrected chi connectivity index (χ2v) is 13.2. The standard InChI is InChI=1S/C30H36N4O3S/c1-33-16-11-24(12-17-33)38(36,37)32-28(20-23-21-31-27-9-5-3-7-25(23)27)29(35)34-18-14-30(15-19-34)13-10-22-6-2-4-8-26(22)30/h2-10,13,21,24,28,31-32H,11-12,14-20H2,1H3. The Kier molecular flexibility index (Phi) is 6.66. The molecule has 0 radical (unpaired) electrons. The molecule has 2 aliphatic heterocycles. The summed E-state index contributed by atoms with van der Waals surface area (Å²) in [6.07, 6.45) is 9.56. The molecule has 2 saturated heterocycles. The fourth-order valence-corrected chi connectivity index (χ4v) is 8.11. The van der Waals surface area contributed by atoms with Crippen molar-refractivity contribution in [2.75, 3.05) is 33.2 Å². The first kappa shape index (κ1) is 25.3. The predicted octanol–water partition coefficient (Wildman–Crippen LogP) is 3.68. The zero-order chi connectivity index (χ0) is 26.3. The van der Waals surface area contributed by atoms with Crippen LogP contribution >= 0.6 is 0 Å². The Morgan fingerprint density at radius 3 is 2.55 bits per heavy atom. The van der Waals surface area contributed by atoms with Crippen molar-refractivity contribution >= 4 is 32.9 Å². The van der Waals surface area contributed by atoms with E-state index in [0.717, 1.165) is 42.4 Å². The van der Waals surface area contributed by atoms with Crippen molar-refractivity contribution < 1.29 is 13.2 Å². The molecule has 0 saturated carbocycles. The Hall–Kier alpha value is -2.94. The van der Waals surface area contributed by atoms with Gasteiger partial charge in [-0.1, -0.05) is 54.6 Å². The van der Waals surface area contributed by atoms with E-state index >= 15 is 0 Å². The zero-order valence-corrected chi connectivity index (χ0v) is 22.7. The third-order valence-electron chi connectivity index (χ3n) is 8.85. The number of allylic oxidation sites excluding steroid dienone is 1. The van der Waals surface area contributed by atoms with Crippen LogP contribution in [0.25, 0.3) is 17.0 Å². The van der Waals surface area contributed by atoms with E-state index in [1.807, 2.05) is 42.4 Å². The molecule has 38 heavy (non-hydrogen) atoms.